The van der Waals surface area contributed by atoms with Crippen LogP contribution in [-0.2, 0) is 9.59 Å². The fraction of sp³-hybridized carbons (Fsp3) is 0.931. The van der Waals surface area contributed by atoms with E-state index in [1.807, 2.05) is 0 Å². The number of nitrogens with one attached hydrogen (secondary N) is 2. The van der Waals surface area contributed by atoms with E-state index in [9.17, 15) is 9.59 Å². The van der Waals surface area contributed by atoms with E-state index < -0.39 is 0 Å². The molecule has 2 amide bonds. The fourth-order valence-corrected chi connectivity index (χ4v) is 9.40. The van der Waals surface area contributed by atoms with E-state index in [4.69, 9.17) is 0 Å². The number of carbonyl (C=O) groups excluding carboxylic acids is 2. The van der Waals surface area contributed by atoms with Crippen molar-refractivity contribution < 1.29 is 9.59 Å². The Bertz CT molecular complexity index is 860. The van der Waals surface area contributed by atoms with Crippen molar-refractivity contribution in [2.45, 2.75) is 119 Å². The zero-order chi connectivity index (χ0) is 24.2. The van der Waals surface area contributed by atoms with E-state index in [1.165, 1.54) is 25.7 Å². The summed E-state index contributed by atoms with van der Waals surface area (Å²) in [6, 6.07) is 0.613. The molecule has 186 valence electrons. The van der Waals surface area contributed by atoms with Crippen LogP contribution in [0.15, 0.2) is 0 Å². The molecule has 5 saturated carbocycles. The van der Waals surface area contributed by atoms with E-state index in [2.05, 4.69) is 66.0 Å². The van der Waals surface area contributed by atoms with Crippen molar-refractivity contribution in [3.8, 4) is 0 Å². The summed E-state index contributed by atoms with van der Waals surface area (Å²) in [6.45, 7) is 18.8. The molecule has 5 rings (SSSR count). The first-order chi connectivity index (χ1) is 15.1. The molecule has 33 heavy (non-hydrogen) atoms. The van der Waals surface area contributed by atoms with Gasteiger partial charge in [0.25, 0.3) is 0 Å². The highest BCUT2D eigenvalue weighted by Gasteiger charge is 2.63. The first kappa shape index (κ1) is 23.7. The lowest BCUT2D eigenvalue weighted by molar-refractivity contribution is -0.146. The van der Waals surface area contributed by atoms with Gasteiger partial charge in [0.1, 0.15) is 0 Å². The normalized spacial score (nSPS) is 47.9. The fourth-order valence-electron chi connectivity index (χ4n) is 9.40. The average Bonchev–Trinajstić information content (AvgIpc) is 3.22. The summed E-state index contributed by atoms with van der Waals surface area (Å²) in [5.74, 6) is 2.22. The molecule has 2 N–H and O–H groups in total. The van der Waals surface area contributed by atoms with Crippen molar-refractivity contribution in [1.29, 1.82) is 0 Å². The number of rotatable bonds is 5. The van der Waals surface area contributed by atoms with Crippen molar-refractivity contribution in [3.05, 3.63) is 0 Å². The van der Waals surface area contributed by atoms with Gasteiger partial charge < -0.3 is 10.6 Å². The van der Waals surface area contributed by atoms with Crippen LogP contribution in [-0.4, -0.2) is 23.9 Å². The van der Waals surface area contributed by atoms with Gasteiger partial charge in [-0.15, -0.1) is 0 Å². The largest absolute Gasteiger partial charge is 0.353 e. The summed E-state index contributed by atoms with van der Waals surface area (Å²) in [4.78, 5) is 26.4. The van der Waals surface area contributed by atoms with Gasteiger partial charge in [-0.25, -0.2) is 0 Å². The standard InChI is InChI=1S/C29H48N2O2/c1-25(2)19(16-23(32)30-21-14-17-9-11-28(21,7)26(17,3)4)13-20(25)24(33)31-22-15-18-10-12-29(22,8)27(18,5)6/h17-22H,9-16H2,1-8H3,(H,30,32)(H,31,33)/t17-,18+,19+,20-,21-,22-,28+,29+/m1/s1. The van der Waals surface area contributed by atoms with Crippen LogP contribution in [0, 0.1) is 50.7 Å². The van der Waals surface area contributed by atoms with Crippen LogP contribution in [0.1, 0.15) is 107 Å². The predicted octanol–water partition coefficient (Wildman–Crippen LogP) is 5.70. The second-order valence-corrected chi connectivity index (χ2v) is 14.9. The van der Waals surface area contributed by atoms with Crippen LogP contribution in [0.4, 0.5) is 0 Å². The lowest BCUT2D eigenvalue weighted by Gasteiger charge is -2.52. The average molecular weight is 457 g/mol. The van der Waals surface area contributed by atoms with Crippen LogP contribution >= 0.6 is 0 Å². The number of hydrogen-bond donors (Lipinski definition) is 2. The number of amides is 2. The molecule has 0 spiro atoms. The summed E-state index contributed by atoms with van der Waals surface area (Å²) in [6.07, 6.45) is 8.73. The van der Waals surface area contributed by atoms with Crippen molar-refractivity contribution >= 4 is 11.8 Å². The molecule has 4 heteroatoms. The van der Waals surface area contributed by atoms with E-state index in [1.54, 1.807) is 0 Å². The zero-order valence-corrected chi connectivity index (χ0v) is 22.4. The van der Waals surface area contributed by atoms with Crippen molar-refractivity contribution in [3.63, 3.8) is 0 Å². The topological polar surface area (TPSA) is 58.2 Å². The second-order valence-electron chi connectivity index (χ2n) is 14.9. The molecule has 5 fully saturated rings. The third-order valence-electron chi connectivity index (χ3n) is 13.5. The molecular formula is C29H48N2O2. The Hall–Kier alpha value is -1.06. The van der Waals surface area contributed by atoms with E-state index in [-0.39, 0.29) is 34.0 Å². The summed E-state index contributed by atoms with van der Waals surface area (Å²) < 4.78 is 0. The molecule has 8 atom stereocenters. The van der Waals surface area contributed by atoms with E-state index in [0.717, 1.165) is 31.1 Å². The van der Waals surface area contributed by atoms with Gasteiger partial charge in [-0.3, -0.25) is 9.59 Å². The molecule has 0 heterocycles. The summed E-state index contributed by atoms with van der Waals surface area (Å²) in [5, 5.41) is 6.93. The Kier molecular flexibility index (Phi) is 5.02. The van der Waals surface area contributed by atoms with Crippen molar-refractivity contribution in [2.75, 3.05) is 0 Å². The van der Waals surface area contributed by atoms with Gasteiger partial charge in [-0.1, -0.05) is 55.4 Å². The maximum absolute atomic E-state index is 13.3. The highest BCUT2D eigenvalue weighted by molar-refractivity contribution is 5.82. The number of fused-ring (bicyclic) bond motifs is 4. The zero-order valence-electron chi connectivity index (χ0n) is 22.4. The molecule has 0 saturated heterocycles. The lowest BCUT2D eigenvalue weighted by Crippen LogP contribution is -2.57. The van der Waals surface area contributed by atoms with Crippen molar-refractivity contribution in [1.82, 2.24) is 10.6 Å². The molecule has 0 aliphatic heterocycles. The minimum absolute atomic E-state index is 0.0279. The van der Waals surface area contributed by atoms with Crippen LogP contribution in [0.3, 0.4) is 0 Å². The molecule has 0 aromatic heterocycles. The minimum atomic E-state index is -0.118. The molecule has 4 nitrogen and oxygen atoms in total. The number of hydrogen-bond acceptors (Lipinski definition) is 2. The highest BCUT2D eigenvalue weighted by Crippen LogP contribution is 2.66. The Labute approximate surface area is 201 Å². The molecule has 5 aliphatic carbocycles. The molecule has 0 unspecified atom stereocenters. The van der Waals surface area contributed by atoms with Gasteiger partial charge in [-0.2, -0.15) is 0 Å². The van der Waals surface area contributed by atoms with Crippen LogP contribution in [0.2, 0.25) is 0 Å². The first-order valence-electron chi connectivity index (χ1n) is 13.7. The van der Waals surface area contributed by atoms with Gasteiger partial charge >= 0.3 is 0 Å². The van der Waals surface area contributed by atoms with Crippen molar-refractivity contribution in [2.24, 2.45) is 50.7 Å². The van der Waals surface area contributed by atoms with Gasteiger partial charge in [-0.05, 0) is 89.8 Å². The summed E-state index contributed by atoms with van der Waals surface area (Å²) >= 11 is 0. The molecule has 0 aromatic carbocycles. The first-order valence-corrected chi connectivity index (χ1v) is 13.7. The predicted molar refractivity (Wildman–Crippen MR) is 132 cm³/mol. The Balaban J connectivity index is 1.16. The lowest BCUT2D eigenvalue weighted by atomic mass is 9.53. The monoisotopic (exact) mass is 456 g/mol. The smallest absolute Gasteiger partial charge is 0.223 e. The summed E-state index contributed by atoms with van der Waals surface area (Å²) in [7, 11) is 0. The van der Waals surface area contributed by atoms with E-state index in [0.29, 0.717) is 35.3 Å². The molecule has 5 aliphatic rings. The van der Waals surface area contributed by atoms with Crippen LogP contribution < -0.4 is 10.6 Å². The van der Waals surface area contributed by atoms with Crippen LogP contribution in [0.5, 0.6) is 0 Å². The molecule has 0 radical (unpaired) electrons. The molecule has 4 bridgehead atoms. The third kappa shape index (κ3) is 3.00. The Morgan fingerprint density at radius 2 is 1.21 bits per heavy atom. The van der Waals surface area contributed by atoms with Gasteiger partial charge in [0.15, 0.2) is 0 Å². The van der Waals surface area contributed by atoms with Gasteiger partial charge in [0.05, 0.1) is 0 Å². The highest BCUT2D eigenvalue weighted by atomic mass is 16.2. The second kappa shape index (κ2) is 7.00. The maximum Gasteiger partial charge on any atom is 0.223 e. The molecule has 0 aromatic rings. The van der Waals surface area contributed by atoms with Gasteiger partial charge in [0.2, 0.25) is 11.8 Å². The Morgan fingerprint density at radius 1 is 0.727 bits per heavy atom. The van der Waals surface area contributed by atoms with E-state index >= 15 is 0 Å². The number of carbonyl (C=O) groups is 2. The Morgan fingerprint density at radius 3 is 1.61 bits per heavy atom. The SMILES string of the molecule is CC1(C)[C@H](CC(=O)N[C@@H]2C[C@H]3CC[C@]2(C)C3(C)C)C[C@@H]1C(=O)N[C@@H]1C[C@@H]2CC[C@]1(C)C2(C)C. The minimum Gasteiger partial charge on any atom is -0.353 e. The summed E-state index contributed by atoms with van der Waals surface area (Å²) in [5.41, 5.74) is 0.939. The molecular weight excluding hydrogens is 408 g/mol. The third-order valence-corrected chi connectivity index (χ3v) is 13.5. The quantitative estimate of drug-likeness (QED) is 0.557. The van der Waals surface area contributed by atoms with Gasteiger partial charge in [0, 0.05) is 24.4 Å². The maximum atomic E-state index is 13.3. The van der Waals surface area contributed by atoms with Crippen LogP contribution in [0.25, 0.3) is 0 Å².